The maximum atomic E-state index is 12.8. The molecule has 1 aromatic heterocycles. The molecule has 90 valence electrons. The Kier molecular flexibility index (Phi) is 3.98. The number of carbonyl (C=O) groups is 1. The Balaban J connectivity index is 3.24. The highest BCUT2D eigenvalue weighted by molar-refractivity contribution is 5.88. The van der Waals surface area contributed by atoms with Crippen molar-refractivity contribution in [2.45, 2.75) is 39.2 Å². The molecule has 0 aromatic carbocycles. The van der Waals surface area contributed by atoms with Crippen LogP contribution in [-0.2, 0) is 0 Å². The first kappa shape index (κ1) is 12.6. The van der Waals surface area contributed by atoms with E-state index in [0.29, 0.717) is 12.8 Å². The third kappa shape index (κ3) is 2.20. The molecule has 0 radical (unpaired) electrons. The van der Waals surface area contributed by atoms with Crippen LogP contribution in [0.4, 0.5) is 8.78 Å². The van der Waals surface area contributed by atoms with Crippen molar-refractivity contribution in [3.63, 3.8) is 0 Å². The van der Waals surface area contributed by atoms with E-state index in [4.69, 9.17) is 5.11 Å². The second-order valence-corrected chi connectivity index (χ2v) is 3.46. The normalized spacial score (nSPS) is 11.4. The quantitative estimate of drug-likeness (QED) is 0.849. The standard InChI is InChI=1S/C10H14F2N2O2/c1-3-6(4-2)14-8(9(11)12)7(5-13-14)10(15)16/h5-6,9H,3-4H2,1-2H3,(H,15,16). The van der Waals surface area contributed by atoms with Gasteiger partial charge in [-0.05, 0) is 12.8 Å². The van der Waals surface area contributed by atoms with Crippen molar-refractivity contribution in [2.24, 2.45) is 0 Å². The summed E-state index contributed by atoms with van der Waals surface area (Å²) in [6.45, 7) is 3.71. The molecular weight excluding hydrogens is 218 g/mol. The van der Waals surface area contributed by atoms with Gasteiger partial charge in [-0.3, -0.25) is 4.68 Å². The van der Waals surface area contributed by atoms with E-state index in [-0.39, 0.29) is 6.04 Å². The number of aromatic carboxylic acids is 1. The lowest BCUT2D eigenvalue weighted by Crippen LogP contribution is -2.14. The lowest BCUT2D eigenvalue weighted by Gasteiger charge is -2.16. The maximum absolute atomic E-state index is 12.8. The molecule has 1 heterocycles. The third-order valence-electron chi connectivity index (χ3n) is 2.56. The van der Waals surface area contributed by atoms with Crippen molar-refractivity contribution in [3.05, 3.63) is 17.5 Å². The van der Waals surface area contributed by atoms with Gasteiger partial charge in [-0.15, -0.1) is 0 Å². The molecular formula is C10H14F2N2O2. The van der Waals surface area contributed by atoms with E-state index in [9.17, 15) is 13.6 Å². The highest BCUT2D eigenvalue weighted by atomic mass is 19.3. The van der Waals surface area contributed by atoms with Crippen LogP contribution in [-0.4, -0.2) is 20.9 Å². The Hall–Kier alpha value is -1.46. The Morgan fingerprint density at radius 2 is 2.06 bits per heavy atom. The Bertz CT molecular complexity index is 373. The molecule has 1 N–H and O–H groups in total. The van der Waals surface area contributed by atoms with E-state index in [2.05, 4.69) is 5.10 Å². The number of hydrogen-bond donors (Lipinski definition) is 1. The Morgan fingerprint density at radius 1 is 1.50 bits per heavy atom. The van der Waals surface area contributed by atoms with Crippen molar-refractivity contribution in [2.75, 3.05) is 0 Å². The van der Waals surface area contributed by atoms with Crippen molar-refractivity contribution in [1.29, 1.82) is 0 Å². The average Bonchev–Trinajstić information content (AvgIpc) is 2.64. The summed E-state index contributed by atoms with van der Waals surface area (Å²) in [6.07, 6.45) is -0.565. The van der Waals surface area contributed by atoms with Gasteiger partial charge < -0.3 is 5.11 Å². The molecule has 0 amide bonds. The highest BCUT2D eigenvalue weighted by Crippen LogP contribution is 2.27. The van der Waals surface area contributed by atoms with Gasteiger partial charge in [-0.1, -0.05) is 13.8 Å². The van der Waals surface area contributed by atoms with Gasteiger partial charge in [0, 0.05) is 0 Å². The van der Waals surface area contributed by atoms with Crippen LogP contribution in [0.15, 0.2) is 6.20 Å². The fourth-order valence-corrected chi connectivity index (χ4v) is 1.68. The van der Waals surface area contributed by atoms with Crippen LogP contribution in [0.1, 0.15) is 55.2 Å². The topological polar surface area (TPSA) is 55.1 Å². The molecule has 0 atom stereocenters. The fourth-order valence-electron chi connectivity index (χ4n) is 1.68. The molecule has 0 fully saturated rings. The third-order valence-corrected chi connectivity index (χ3v) is 2.56. The number of aromatic nitrogens is 2. The van der Waals surface area contributed by atoms with Crippen LogP contribution in [0.25, 0.3) is 0 Å². The fraction of sp³-hybridized carbons (Fsp3) is 0.600. The molecule has 16 heavy (non-hydrogen) atoms. The number of carboxylic acids is 1. The molecule has 0 spiro atoms. The second kappa shape index (κ2) is 5.05. The summed E-state index contributed by atoms with van der Waals surface area (Å²) < 4.78 is 26.7. The summed E-state index contributed by atoms with van der Waals surface area (Å²) in [5, 5.41) is 12.5. The van der Waals surface area contributed by atoms with Crippen LogP contribution in [0.5, 0.6) is 0 Å². The second-order valence-electron chi connectivity index (χ2n) is 3.46. The first-order valence-electron chi connectivity index (χ1n) is 5.11. The molecule has 0 unspecified atom stereocenters. The van der Waals surface area contributed by atoms with Gasteiger partial charge >= 0.3 is 5.97 Å². The van der Waals surface area contributed by atoms with E-state index in [1.54, 1.807) is 0 Å². The van der Waals surface area contributed by atoms with Crippen molar-refractivity contribution >= 4 is 5.97 Å². The Morgan fingerprint density at radius 3 is 2.44 bits per heavy atom. The van der Waals surface area contributed by atoms with E-state index in [1.165, 1.54) is 0 Å². The molecule has 6 heteroatoms. The minimum atomic E-state index is -2.82. The summed E-state index contributed by atoms with van der Waals surface area (Å²) in [5.74, 6) is -1.37. The minimum Gasteiger partial charge on any atom is -0.478 e. The van der Waals surface area contributed by atoms with Crippen molar-refractivity contribution in [3.8, 4) is 0 Å². The van der Waals surface area contributed by atoms with Gasteiger partial charge in [0.15, 0.2) is 0 Å². The molecule has 4 nitrogen and oxygen atoms in total. The van der Waals surface area contributed by atoms with Gasteiger partial charge in [-0.2, -0.15) is 5.10 Å². The largest absolute Gasteiger partial charge is 0.478 e. The molecule has 0 bridgehead atoms. The summed E-state index contributed by atoms with van der Waals surface area (Å²) >= 11 is 0. The zero-order valence-electron chi connectivity index (χ0n) is 9.15. The highest BCUT2D eigenvalue weighted by Gasteiger charge is 2.26. The Labute approximate surface area is 91.9 Å². The van der Waals surface area contributed by atoms with E-state index in [1.807, 2.05) is 13.8 Å². The summed E-state index contributed by atoms with van der Waals surface area (Å²) in [5.41, 5.74) is -0.914. The number of hydrogen-bond acceptors (Lipinski definition) is 2. The lowest BCUT2D eigenvalue weighted by molar-refractivity contribution is 0.0681. The van der Waals surface area contributed by atoms with Gasteiger partial charge in [0.1, 0.15) is 11.3 Å². The van der Waals surface area contributed by atoms with E-state index in [0.717, 1.165) is 10.9 Å². The summed E-state index contributed by atoms with van der Waals surface area (Å²) in [7, 11) is 0. The van der Waals surface area contributed by atoms with Crippen LogP contribution in [0, 0.1) is 0 Å². The van der Waals surface area contributed by atoms with Crippen LogP contribution in [0.3, 0.4) is 0 Å². The number of alkyl halides is 2. The predicted octanol–water partition coefficient (Wildman–Crippen LogP) is 2.88. The predicted molar refractivity (Wildman–Crippen MR) is 53.8 cm³/mol. The van der Waals surface area contributed by atoms with Gasteiger partial charge in [0.05, 0.1) is 12.2 Å². The van der Waals surface area contributed by atoms with Gasteiger partial charge in [0.25, 0.3) is 6.43 Å². The van der Waals surface area contributed by atoms with Gasteiger partial charge in [-0.25, -0.2) is 13.6 Å². The number of nitrogens with zero attached hydrogens (tertiary/aromatic N) is 2. The number of halogens is 2. The SMILES string of the molecule is CCC(CC)n1ncc(C(=O)O)c1C(F)F. The molecule has 0 aliphatic carbocycles. The van der Waals surface area contributed by atoms with Gasteiger partial charge in [0.2, 0.25) is 0 Å². The molecule has 0 aliphatic rings. The molecule has 1 aromatic rings. The average molecular weight is 232 g/mol. The lowest BCUT2D eigenvalue weighted by atomic mass is 10.1. The van der Waals surface area contributed by atoms with E-state index >= 15 is 0 Å². The van der Waals surface area contributed by atoms with Crippen LogP contribution >= 0.6 is 0 Å². The number of carboxylic acid groups (broad SMARTS) is 1. The maximum Gasteiger partial charge on any atom is 0.339 e. The summed E-state index contributed by atoms with van der Waals surface area (Å²) in [4.78, 5) is 10.8. The summed E-state index contributed by atoms with van der Waals surface area (Å²) in [6, 6.07) is -0.183. The van der Waals surface area contributed by atoms with Crippen LogP contribution < -0.4 is 0 Å². The minimum absolute atomic E-state index is 0.183. The monoisotopic (exact) mass is 232 g/mol. The molecule has 0 saturated heterocycles. The molecule has 0 aliphatic heterocycles. The zero-order chi connectivity index (χ0) is 12.3. The zero-order valence-corrected chi connectivity index (χ0v) is 9.15. The van der Waals surface area contributed by atoms with E-state index < -0.39 is 23.7 Å². The van der Waals surface area contributed by atoms with Crippen molar-refractivity contribution in [1.82, 2.24) is 9.78 Å². The molecule has 1 rings (SSSR count). The number of rotatable bonds is 5. The first-order valence-corrected chi connectivity index (χ1v) is 5.11. The van der Waals surface area contributed by atoms with Crippen LogP contribution in [0.2, 0.25) is 0 Å². The smallest absolute Gasteiger partial charge is 0.339 e. The first-order chi connectivity index (χ1) is 7.52. The van der Waals surface area contributed by atoms with Crippen molar-refractivity contribution < 1.29 is 18.7 Å². The molecule has 0 saturated carbocycles.